The van der Waals surface area contributed by atoms with Crippen LogP contribution in [-0.2, 0) is 10.0 Å². The number of benzene rings is 2. The Labute approximate surface area is 167 Å². The third-order valence-corrected chi connectivity index (χ3v) is 6.76. The number of carbonyl (C=O) groups is 1. The van der Waals surface area contributed by atoms with Gasteiger partial charge in [-0.2, -0.15) is 0 Å². The third-order valence-electron chi connectivity index (χ3n) is 4.08. The number of carbonyl (C=O) groups excluding carboxylic acids is 1. The number of anilines is 1. The minimum Gasteiger partial charge on any atom is -0.296 e. The summed E-state index contributed by atoms with van der Waals surface area (Å²) in [5.41, 5.74) is 2.42. The summed E-state index contributed by atoms with van der Waals surface area (Å²) in [5, 5.41) is 10.2. The minimum absolute atomic E-state index is 0.123. The SMILES string of the molecule is CC[C@H](NS(=O)(=O)c1nnc(NC(=O)c2ccccc2)s1)c1ccc(C)cc1. The third kappa shape index (κ3) is 4.80. The van der Waals surface area contributed by atoms with Crippen molar-refractivity contribution in [2.45, 2.75) is 30.6 Å². The van der Waals surface area contributed by atoms with E-state index in [0.29, 0.717) is 12.0 Å². The number of aromatic nitrogens is 2. The molecule has 0 saturated carbocycles. The molecule has 3 aromatic rings. The average molecular weight is 417 g/mol. The summed E-state index contributed by atoms with van der Waals surface area (Å²) in [4.78, 5) is 12.2. The van der Waals surface area contributed by atoms with Crippen LogP contribution in [0.4, 0.5) is 5.13 Å². The predicted molar refractivity (Wildman–Crippen MR) is 109 cm³/mol. The maximum atomic E-state index is 12.7. The van der Waals surface area contributed by atoms with Gasteiger partial charge in [0.15, 0.2) is 0 Å². The highest BCUT2D eigenvalue weighted by Crippen LogP contribution is 2.24. The molecule has 0 aliphatic heterocycles. The van der Waals surface area contributed by atoms with E-state index in [-0.39, 0.29) is 21.4 Å². The van der Waals surface area contributed by atoms with Crippen LogP contribution in [0.5, 0.6) is 0 Å². The lowest BCUT2D eigenvalue weighted by Gasteiger charge is -2.16. The molecule has 0 bridgehead atoms. The highest BCUT2D eigenvalue weighted by atomic mass is 32.2. The number of amides is 1. The van der Waals surface area contributed by atoms with Crippen molar-refractivity contribution >= 4 is 32.4 Å². The molecule has 2 N–H and O–H groups in total. The van der Waals surface area contributed by atoms with Crippen LogP contribution in [0.15, 0.2) is 58.9 Å². The van der Waals surface area contributed by atoms with Gasteiger partial charge in [0.25, 0.3) is 15.9 Å². The Kier molecular flexibility index (Phi) is 6.18. The van der Waals surface area contributed by atoms with E-state index in [9.17, 15) is 13.2 Å². The van der Waals surface area contributed by atoms with Crippen molar-refractivity contribution in [1.29, 1.82) is 0 Å². The summed E-state index contributed by atoms with van der Waals surface area (Å²) < 4.78 is 27.9. The maximum Gasteiger partial charge on any atom is 0.270 e. The number of nitrogens with one attached hydrogen (secondary N) is 2. The second kappa shape index (κ2) is 8.59. The number of hydrogen-bond donors (Lipinski definition) is 2. The maximum absolute atomic E-state index is 12.7. The molecule has 0 fully saturated rings. The largest absolute Gasteiger partial charge is 0.296 e. The van der Waals surface area contributed by atoms with E-state index in [1.165, 1.54) is 0 Å². The van der Waals surface area contributed by atoms with Gasteiger partial charge in [-0.1, -0.05) is 66.3 Å². The van der Waals surface area contributed by atoms with E-state index >= 15 is 0 Å². The molecule has 0 radical (unpaired) electrons. The highest BCUT2D eigenvalue weighted by molar-refractivity contribution is 7.91. The standard InChI is InChI=1S/C19H20N4O3S2/c1-3-16(14-11-9-13(2)10-12-14)23-28(25,26)19-22-21-18(27-19)20-17(24)15-7-5-4-6-8-15/h4-12,16,23H,3H2,1-2H3,(H,20,21,24)/t16-/m0/s1. The van der Waals surface area contributed by atoms with Gasteiger partial charge < -0.3 is 0 Å². The van der Waals surface area contributed by atoms with Crippen molar-refractivity contribution in [3.05, 3.63) is 71.3 Å². The van der Waals surface area contributed by atoms with Crippen LogP contribution in [0.1, 0.15) is 40.9 Å². The lowest BCUT2D eigenvalue weighted by atomic mass is 10.0. The normalized spacial score (nSPS) is 12.5. The van der Waals surface area contributed by atoms with Gasteiger partial charge in [-0.3, -0.25) is 10.1 Å². The van der Waals surface area contributed by atoms with Crippen LogP contribution in [0.25, 0.3) is 0 Å². The van der Waals surface area contributed by atoms with Gasteiger partial charge in [-0.15, -0.1) is 10.2 Å². The molecule has 0 spiro atoms. The zero-order valence-electron chi connectivity index (χ0n) is 15.4. The van der Waals surface area contributed by atoms with Crippen molar-refractivity contribution in [3.8, 4) is 0 Å². The van der Waals surface area contributed by atoms with Crippen LogP contribution < -0.4 is 10.0 Å². The van der Waals surface area contributed by atoms with Crippen molar-refractivity contribution in [1.82, 2.24) is 14.9 Å². The fraction of sp³-hybridized carbons (Fsp3) is 0.211. The van der Waals surface area contributed by atoms with Gasteiger partial charge in [-0.05, 0) is 31.0 Å². The van der Waals surface area contributed by atoms with E-state index in [2.05, 4.69) is 20.2 Å². The number of aryl methyl sites for hydroxylation is 1. The lowest BCUT2D eigenvalue weighted by Crippen LogP contribution is -2.28. The smallest absolute Gasteiger partial charge is 0.270 e. The van der Waals surface area contributed by atoms with E-state index < -0.39 is 10.0 Å². The van der Waals surface area contributed by atoms with Crippen LogP contribution in [0, 0.1) is 6.92 Å². The highest BCUT2D eigenvalue weighted by Gasteiger charge is 2.25. The molecule has 0 aliphatic rings. The first-order valence-corrected chi connectivity index (χ1v) is 11.0. The lowest BCUT2D eigenvalue weighted by molar-refractivity contribution is 0.102. The molecule has 0 saturated heterocycles. The fourth-order valence-electron chi connectivity index (χ4n) is 2.55. The Morgan fingerprint density at radius 2 is 1.75 bits per heavy atom. The Morgan fingerprint density at radius 3 is 2.39 bits per heavy atom. The fourth-order valence-corrected chi connectivity index (χ4v) is 4.77. The van der Waals surface area contributed by atoms with Crippen molar-refractivity contribution in [2.24, 2.45) is 0 Å². The zero-order valence-corrected chi connectivity index (χ0v) is 17.0. The summed E-state index contributed by atoms with van der Waals surface area (Å²) in [7, 11) is -3.87. The Morgan fingerprint density at radius 1 is 1.07 bits per heavy atom. The topological polar surface area (TPSA) is 101 Å². The second-order valence-corrected chi connectivity index (χ2v) is 9.05. The molecule has 2 aromatic carbocycles. The molecule has 0 unspecified atom stereocenters. The Balaban J connectivity index is 1.73. The van der Waals surface area contributed by atoms with Gasteiger partial charge in [0, 0.05) is 11.6 Å². The number of sulfonamides is 1. The number of nitrogens with zero attached hydrogens (tertiary/aromatic N) is 2. The first-order valence-electron chi connectivity index (χ1n) is 8.68. The van der Waals surface area contributed by atoms with Crippen molar-refractivity contribution in [3.63, 3.8) is 0 Å². The van der Waals surface area contributed by atoms with E-state index in [1.54, 1.807) is 30.3 Å². The summed E-state index contributed by atoms with van der Waals surface area (Å²) in [6.07, 6.45) is 0.582. The van der Waals surface area contributed by atoms with Gasteiger partial charge in [0.2, 0.25) is 9.47 Å². The summed E-state index contributed by atoms with van der Waals surface area (Å²) >= 11 is 0.808. The zero-order chi connectivity index (χ0) is 20.1. The molecule has 1 atom stereocenters. The Bertz CT molecular complexity index is 1050. The monoisotopic (exact) mass is 416 g/mol. The summed E-state index contributed by atoms with van der Waals surface area (Å²) in [6.45, 7) is 3.88. The van der Waals surface area contributed by atoms with Crippen LogP contribution in [-0.4, -0.2) is 24.5 Å². The molecular formula is C19H20N4O3S2. The predicted octanol–water partition coefficient (Wildman–Crippen LogP) is 3.53. The molecular weight excluding hydrogens is 396 g/mol. The van der Waals surface area contributed by atoms with Gasteiger partial charge in [0.05, 0.1) is 0 Å². The molecule has 1 aromatic heterocycles. The van der Waals surface area contributed by atoms with Gasteiger partial charge in [0.1, 0.15) is 0 Å². The summed E-state index contributed by atoms with van der Waals surface area (Å²) in [6, 6.07) is 15.9. The molecule has 28 heavy (non-hydrogen) atoms. The van der Waals surface area contributed by atoms with Gasteiger partial charge >= 0.3 is 0 Å². The summed E-state index contributed by atoms with van der Waals surface area (Å²) in [5.74, 6) is -0.375. The molecule has 1 amide bonds. The quantitative estimate of drug-likeness (QED) is 0.574. The van der Waals surface area contributed by atoms with Crippen LogP contribution in [0.2, 0.25) is 0 Å². The molecule has 146 valence electrons. The molecule has 1 heterocycles. The van der Waals surface area contributed by atoms with Gasteiger partial charge in [-0.25, -0.2) is 13.1 Å². The average Bonchev–Trinajstić information content (AvgIpc) is 3.17. The van der Waals surface area contributed by atoms with Crippen LogP contribution in [0.3, 0.4) is 0 Å². The number of rotatable bonds is 7. The minimum atomic E-state index is -3.87. The van der Waals surface area contributed by atoms with E-state index in [4.69, 9.17) is 0 Å². The number of hydrogen-bond acceptors (Lipinski definition) is 6. The van der Waals surface area contributed by atoms with Crippen LogP contribution >= 0.6 is 11.3 Å². The molecule has 3 rings (SSSR count). The molecule has 7 nitrogen and oxygen atoms in total. The van der Waals surface area contributed by atoms with E-state index in [0.717, 1.165) is 22.5 Å². The first-order chi connectivity index (χ1) is 13.4. The Hall–Kier alpha value is -2.62. The van der Waals surface area contributed by atoms with Crippen molar-refractivity contribution in [2.75, 3.05) is 5.32 Å². The van der Waals surface area contributed by atoms with E-state index in [1.807, 2.05) is 38.1 Å². The van der Waals surface area contributed by atoms with Crippen molar-refractivity contribution < 1.29 is 13.2 Å². The molecule has 0 aliphatic carbocycles. The molecule has 9 heteroatoms. The second-order valence-electron chi connectivity index (χ2n) is 6.19. The first kappa shape index (κ1) is 20.1.